The van der Waals surface area contributed by atoms with Crippen LogP contribution in [-0.4, -0.2) is 11.6 Å². The van der Waals surface area contributed by atoms with E-state index in [4.69, 9.17) is 4.74 Å². The molecule has 3 heteroatoms. The van der Waals surface area contributed by atoms with Gasteiger partial charge in [-0.2, -0.15) is 0 Å². The highest BCUT2D eigenvalue weighted by Gasteiger charge is 2.03. The third kappa shape index (κ3) is 3.71. The summed E-state index contributed by atoms with van der Waals surface area (Å²) in [5, 5.41) is 3.36. The smallest absolute Gasteiger partial charge is 0.237 e. The van der Waals surface area contributed by atoms with Gasteiger partial charge in [0.25, 0.3) is 0 Å². The van der Waals surface area contributed by atoms with Crippen molar-refractivity contribution in [2.45, 2.75) is 26.8 Å². The molecule has 1 heterocycles. The highest BCUT2D eigenvalue weighted by molar-refractivity contribution is 5.52. The summed E-state index contributed by atoms with van der Waals surface area (Å²) in [5.74, 6) is 0.662. The SMILES string of the molecule is CCOc1ncccc1NCc1ccc(CC)cc1. The first-order chi connectivity index (χ1) is 9.33. The van der Waals surface area contributed by atoms with Crippen molar-refractivity contribution in [3.8, 4) is 5.88 Å². The molecule has 2 aromatic rings. The Balaban J connectivity index is 2.01. The molecule has 1 aromatic heterocycles. The number of nitrogens with zero attached hydrogens (tertiary/aromatic N) is 1. The average molecular weight is 256 g/mol. The lowest BCUT2D eigenvalue weighted by Crippen LogP contribution is -2.04. The summed E-state index contributed by atoms with van der Waals surface area (Å²) in [6.45, 7) is 5.52. The van der Waals surface area contributed by atoms with Crippen LogP contribution in [0.25, 0.3) is 0 Å². The second-order valence-corrected chi connectivity index (χ2v) is 4.31. The van der Waals surface area contributed by atoms with Gasteiger partial charge in [-0.05, 0) is 36.6 Å². The quantitative estimate of drug-likeness (QED) is 0.856. The molecule has 0 aliphatic heterocycles. The molecule has 0 fully saturated rings. The second kappa shape index (κ2) is 6.78. The Labute approximate surface area is 114 Å². The average Bonchev–Trinajstić information content (AvgIpc) is 2.47. The summed E-state index contributed by atoms with van der Waals surface area (Å²) >= 11 is 0. The number of ether oxygens (including phenoxy) is 1. The Morgan fingerprint density at radius 3 is 2.47 bits per heavy atom. The maximum Gasteiger partial charge on any atom is 0.237 e. The number of nitrogens with one attached hydrogen (secondary N) is 1. The summed E-state index contributed by atoms with van der Waals surface area (Å²) in [4.78, 5) is 4.22. The lowest BCUT2D eigenvalue weighted by Gasteiger charge is -2.11. The highest BCUT2D eigenvalue weighted by Crippen LogP contribution is 2.21. The molecule has 1 N–H and O–H groups in total. The predicted octanol–water partition coefficient (Wildman–Crippen LogP) is 3.65. The van der Waals surface area contributed by atoms with Gasteiger partial charge in [0, 0.05) is 12.7 Å². The fourth-order valence-corrected chi connectivity index (χ4v) is 1.87. The van der Waals surface area contributed by atoms with Crippen molar-refractivity contribution in [1.29, 1.82) is 0 Å². The van der Waals surface area contributed by atoms with Crippen LogP contribution in [0.5, 0.6) is 5.88 Å². The van der Waals surface area contributed by atoms with Crippen LogP contribution in [0, 0.1) is 0 Å². The molecule has 0 radical (unpaired) electrons. The van der Waals surface area contributed by atoms with Crippen LogP contribution in [0.15, 0.2) is 42.6 Å². The van der Waals surface area contributed by atoms with Gasteiger partial charge in [0.2, 0.25) is 5.88 Å². The van der Waals surface area contributed by atoms with Gasteiger partial charge in [-0.1, -0.05) is 31.2 Å². The molecule has 19 heavy (non-hydrogen) atoms. The molecule has 2 rings (SSSR count). The first-order valence-corrected chi connectivity index (χ1v) is 6.73. The van der Waals surface area contributed by atoms with Gasteiger partial charge in [-0.25, -0.2) is 4.98 Å². The van der Waals surface area contributed by atoms with Gasteiger partial charge in [0.15, 0.2) is 0 Å². The first-order valence-electron chi connectivity index (χ1n) is 6.73. The van der Waals surface area contributed by atoms with Gasteiger partial charge in [-0.3, -0.25) is 0 Å². The zero-order valence-corrected chi connectivity index (χ0v) is 11.5. The topological polar surface area (TPSA) is 34.1 Å². The molecular formula is C16H20N2O. The van der Waals surface area contributed by atoms with Crippen LogP contribution in [0.3, 0.4) is 0 Å². The minimum Gasteiger partial charge on any atom is -0.476 e. The van der Waals surface area contributed by atoms with E-state index in [0.717, 1.165) is 18.7 Å². The summed E-state index contributed by atoms with van der Waals surface area (Å²) in [7, 11) is 0. The standard InChI is InChI=1S/C16H20N2O/c1-3-13-7-9-14(10-8-13)12-18-15-6-5-11-17-16(15)19-4-2/h5-11,18H,3-4,12H2,1-2H3. The van der Waals surface area contributed by atoms with E-state index in [9.17, 15) is 0 Å². The van der Waals surface area contributed by atoms with Crippen molar-refractivity contribution in [3.63, 3.8) is 0 Å². The Morgan fingerprint density at radius 2 is 1.79 bits per heavy atom. The first kappa shape index (κ1) is 13.4. The van der Waals surface area contributed by atoms with Gasteiger partial charge in [0.1, 0.15) is 0 Å². The van der Waals surface area contributed by atoms with E-state index in [1.165, 1.54) is 11.1 Å². The van der Waals surface area contributed by atoms with Crippen molar-refractivity contribution >= 4 is 5.69 Å². The molecule has 0 atom stereocenters. The van der Waals surface area contributed by atoms with Crippen LogP contribution in [0.4, 0.5) is 5.69 Å². The van der Waals surface area contributed by atoms with Crippen molar-refractivity contribution in [2.75, 3.05) is 11.9 Å². The number of rotatable bonds is 6. The van der Waals surface area contributed by atoms with Crippen LogP contribution in [0.2, 0.25) is 0 Å². The maximum atomic E-state index is 5.49. The molecule has 0 saturated carbocycles. The second-order valence-electron chi connectivity index (χ2n) is 4.31. The van der Waals surface area contributed by atoms with Gasteiger partial charge in [0.05, 0.1) is 12.3 Å². The third-order valence-corrected chi connectivity index (χ3v) is 2.97. The van der Waals surface area contributed by atoms with E-state index in [-0.39, 0.29) is 0 Å². The molecule has 0 amide bonds. The Morgan fingerprint density at radius 1 is 1.05 bits per heavy atom. The number of pyridine rings is 1. The van der Waals surface area contributed by atoms with Gasteiger partial charge < -0.3 is 10.1 Å². The molecule has 3 nitrogen and oxygen atoms in total. The molecule has 0 aliphatic rings. The van der Waals surface area contributed by atoms with Crippen LogP contribution < -0.4 is 10.1 Å². The Kier molecular flexibility index (Phi) is 4.78. The number of anilines is 1. The third-order valence-electron chi connectivity index (χ3n) is 2.97. The Bertz CT molecular complexity index is 508. The maximum absolute atomic E-state index is 5.49. The van der Waals surface area contributed by atoms with Crippen LogP contribution in [0.1, 0.15) is 25.0 Å². The summed E-state index contributed by atoms with van der Waals surface area (Å²) < 4.78 is 5.49. The normalized spacial score (nSPS) is 10.2. The number of hydrogen-bond acceptors (Lipinski definition) is 3. The van der Waals surface area contributed by atoms with Gasteiger partial charge in [-0.15, -0.1) is 0 Å². The molecule has 0 aliphatic carbocycles. The van der Waals surface area contributed by atoms with Gasteiger partial charge >= 0.3 is 0 Å². The van der Waals surface area contributed by atoms with E-state index < -0.39 is 0 Å². The minimum absolute atomic E-state index is 0.622. The number of aromatic nitrogens is 1. The summed E-state index contributed by atoms with van der Waals surface area (Å²) in [6, 6.07) is 12.5. The van der Waals surface area contributed by atoms with E-state index in [0.29, 0.717) is 12.5 Å². The zero-order valence-electron chi connectivity index (χ0n) is 11.5. The molecule has 0 spiro atoms. The van der Waals surface area contributed by atoms with Crippen LogP contribution >= 0.6 is 0 Å². The van der Waals surface area contributed by atoms with Crippen LogP contribution in [-0.2, 0) is 13.0 Å². The largest absolute Gasteiger partial charge is 0.476 e. The monoisotopic (exact) mass is 256 g/mol. The van der Waals surface area contributed by atoms with E-state index in [2.05, 4.69) is 41.5 Å². The fourth-order valence-electron chi connectivity index (χ4n) is 1.87. The number of benzene rings is 1. The minimum atomic E-state index is 0.622. The summed E-state index contributed by atoms with van der Waals surface area (Å²) in [5.41, 5.74) is 3.55. The number of hydrogen-bond donors (Lipinski definition) is 1. The summed E-state index contributed by atoms with van der Waals surface area (Å²) in [6.07, 6.45) is 2.82. The van der Waals surface area contributed by atoms with Crippen molar-refractivity contribution in [1.82, 2.24) is 4.98 Å². The van der Waals surface area contributed by atoms with Crippen molar-refractivity contribution in [3.05, 3.63) is 53.7 Å². The molecular weight excluding hydrogens is 236 g/mol. The lowest BCUT2D eigenvalue weighted by molar-refractivity contribution is 0.328. The van der Waals surface area contributed by atoms with E-state index >= 15 is 0 Å². The highest BCUT2D eigenvalue weighted by atomic mass is 16.5. The van der Waals surface area contributed by atoms with Crippen molar-refractivity contribution < 1.29 is 4.74 Å². The molecule has 0 saturated heterocycles. The van der Waals surface area contributed by atoms with E-state index in [1.807, 2.05) is 19.1 Å². The molecule has 0 unspecified atom stereocenters. The molecule has 100 valence electrons. The van der Waals surface area contributed by atoms with Crippen molar-refractivity contribution in [2.24, 2.45) is 0 Å². The molecule has 0 bridgehead atoms. The van der Waals surface area contributed by atoms with E-state index in [1.54, 1.807) is 6.20 Å². The Hall–Kier alpha value is -2.03. The fraction of sp³-hybridized carbons (Fsp3) is 0.312. The number of aryl methyl sites for hydroxylation is 1. The predicted molar refractivity (Wildman–Crippen MR) is 78.6 cm³/mol. The zero-order chi connectivity index (χ0) is 13.5. The lowest BCUT2D eigenvalue weighted by atomic mass is 10.1. The molecule has 1 aromatic carbocycles.